The number of alkyl halides is 3. The maximum Gasteiger partial charge on any atom is 0.573 e. The maximum atomic E-state index is 12.6. The number of carbonyl (C=O) groups is 2. The van der Waals surface area contributed by atoms with E-state index < -0.39 is 26.4 Å². The lowest BCUT2D eigenvalue weighted by molar-refractivity contribution is -0.274. The van der Waals surface area contributed by atoms with Crippen LogP contribution >= 0.6 is 15.9 Å². The number of Topliss-reactive ketones (excluding diaryl/α,β-unsaturated/α-hetero) is 2. The molecule has 272 valence electrons. The fourth-order valence-corrected chi connectivity index (χ4v) is 7.04. The highest BCUT2D eigenvalue weighted by Crippen LogP contribution is 2.34. The largest absolute Gasteiger partial charge is 0.573 e. The summed E-state index contributed by atoms with van der Waals surface area (Å²) in [5, 5.41) is 10.3. The molecule has 0 heterocycles. The first kappa shape index (κ1) is 40.1. The van der Waals surface area contributed by atoms with Crippen LogP contribution in [0, 0.1) is 13.8 Å². The third-order valence-corrected chi connectivity index (χ3v) is 10.3. The predicted octanol–water partition coefficient (Wildman–Crippen LogP) is 7.46. The second-order valence-electron chi connectivity index (χ2n) is 11.6. The standard InChI is InChI=1S/C22H18F3NO4S.C15H14BrNO3S/c1-14-12-15(6-11-21(14)31(26,28)29)13-19(27)17-9-7-16(8-10-17)18-4-2-3-5-20(18)30-22(23,24)25;1-10-8-11(2-7-15(10)21(17,19)20)9-14(18)12-3-5-13(16)6-4-12/h2-12H,13H2,1H3,(H2,26,28,29);2-8H,9H2,1H3,(H2,17,19,20). The van der Waals surface area contributed by atoms with E-state index in [1.807, 2.05) is 12.1 Å². The molecule has 5 aromatic carbocycles. The van der Waals surface area contributed by atoms with Crippen LogP contribution in [0.2, 0.25) is 0 Å². The Hall–Kier alpha value is -4.67. The topological polar surface area (TPSA) is 164 Å². The zero-order valence-corrected chi connectivity index (χ0v) is 30.9. The van der Waals surface area contributed by atoms with Crippen LogP contribution in [0.5, 0.6) is 5.75 Å². The number of aryl methyl sites for hydroxylation is 2. The van der Waals surface area contributed by atoms with E-state index in [0.29, 0.717) is 33.4 Å². The molecule has 0 amide bonds. The van der Waals surface area contributed by atoms with Crippen LogP contribution in [0.3, 0.4) is 0 Å². The van der Waals surface area contributed by atoms with Gasteiger partial charge in [-0.2, -0.15) is 0 Å². The Morgan fingerprint density at radius 1 is 0.654 bits per heavy atom. The van der Waals surface area contributed by atoms with Gasteiger partial charge in [0, 0.05) is 34.0 Å². The van der Waals surface area contributed by atoms with Gasteiger partial charge in [-0.1, -0.05) is 94.8 Å². The van der Waals surface area contributed by atoms with E-state index in [0.717, 1.165) is 10.0 Å². The van der Waals surface area contributed by atoms with Gasteiger partial charge in [0.25, 0.3) is 0 Å². The first-order valence-electron chi connectivity index (χ1n) is 15.2. The molecule has 0 saturated carbocycles. The molecule has 0 aliphatic carbocycles. The van der Waals surface area contributed by atoms with Crippen molar-refractivity contribution in [3.05, 3.63) is 147 Å². The van der Waals surface area contributed by atoms with Crippen LogP contribution in [-0.4, -0.2) is 34.8 Å². The van der Waals surface area contributed by atoms with Crippen LogP contribution in [0.4, 0.5) is 13.2 Å². The Morgan fingerprint density at radius 2 is 1.08 bits per heavy atom. The number of carbonyl (C=O) groups excluding carboxylic acids is 2. The Morgan fingerprint density at radius 3 is 1.48 bits per heavy atom. The van der Waals surface area contributed by atoms with E-state index in [-0.39, 0.29) is 45.5 Å². The molecule has 0 radical (unpaired) electrons. The third kappa shape index (κ3) is 11.2. The number of hydrogen-bond acceptors (Lipinski definition) is 7. The summed E-state index contributed by atoms with van der Waals surface area (Å²) in [5.41, 5.74) is 4.04. The minimum atomic E-state index is -4.82. The number of ketones is 2. The summed E-state index contributed by atoms with van der Waals surface area (Å²) < 4.78 is 88.5. The van der Waals surface area contributed by atoms with Crippen molar-refractivity contribution in [1.82, 2.24) is 0 Å². The second-order valence-corrected chi connectivity index (χ2v) is 15.6. The smallest absolute Gasteiger partial charge is 0.405 e. The van der Waals surface area contributed by atoms with E-state index in [2.05, 4.69) is 20.7 Å². The van der Waals surface area contributed by atoms with Crippen molar-refractivity contribution in [2.24, 2.45) is 10.3 Å². The average Bonchev–Trinajstić information content (AvgIpc) is 3.04. The van der Waals surface area contributed by atoms with Gasteiger partial charge in [-0.05, 0) is 72.0 Å². The molecule has 5 aromatic rings. The molecule has 5 rings (SSSR count). The van der Waals surface area contributed by atoms with E-state index >= 15 is 0 Å². The van der Waals surface area contributed by atoms with Crippen molar-refractivity contribution < 1.29 is 44.3 Å². The Bertz CT molecular complexity index is 2330. The molecule has 0 bridgehead atoms. The summed E-state index contributed by atoms with van der Waals surface area (Å²) in [7, 11) is -7.57. The lowest BCUT2D eigenvalue weighted by Gasteiger charge is -2.13. The van der Waals surface area contributed by atoms with Gasteiger partial charge in [0.15, 0.2) is 11.6 Å². The Balaban J connectivity index is 0.000000251. The molecule has 0 fully saturated rings. The van der Waals surface area contributed by atoms with E-state index in [9.17, 15) is 39.6 Å². The number of primary sulfonamides is 2. The average molecular weight is 818 g/mol. The Labute approximate surface area is 307 Å². The van der Waals surface area contributed by atoms with Gasteiger partial charge in [-0.15, -0.1) is 13.2 Å². The number of nitrogens with two attached hydrogens (primary N) is 2. The first-order valence-corrected chi connectivity index (χ1v) is 19.1. The molecule has 15 heteroatoms. The fourth-order valence-electron chi connectivity index (χ4n) is 5.25. The molecular formula is C37H32BrF3N2O7S2. The Kier molecular flexibility index (Phi) is 12.6. The summed E-state index contributed by atoms with van der Waals surface area (Å²) in [5.74, 6) is -0.584. The summed E-state index contributed by atoms with van der Waals surface area (Å²) in [6, 6.07) is 28.2. The minimum absolute atomic E-state index is 0.00667. The van der Waals surface area contributed by atoms with Crippen molar-refractivity contribution in [2.45, 2.75) is 42.8 Å². The number of halogens is 4. The highest BCUT2D eigenvalue weighted by Gasteiger charge is 2.32. The van der Waals surface area contributed by atoms with Gasteiger partial charge in [-0.25, -0.2) is 27.1 Å². The van der Waals surface area contributed by atoms with Gasteiger partial charge >= 0.3 is 6.36 Å². The molecule has 0 aliphatic rings. The SMILES string of the molecule is Cc1cc(CC(=O)c2ccc(-c3ccccc3OC(F)(F)F)cc2)ccc1S(N)(=O)=O.Cc1cc(CC(=O)c2ccc(Br)cc2)ccc1S(N)(=O)=O. The van der Waals surface area contributed by atoms with Gasteiger partial charge < -0.3 is 4.74 Å². The fraction of sp³-hybridized carbons (Fsp3) is 0.135. The number of ether oxygens (including phenoxy) is 1. The number of rotatable bonds is 10. The summed E-state index contributed by atoms with van der Waals surface area (Å²) in [4.78, 5) is 24.8. The van der Waals surface area contributed by atoms with Crippen molar-refractivity contribution >= 4 is 47.5 Å². The number of hydrogen-bond donors (Lipinski definition) is 2. The normalized spacial score (nSPS) is 11.7. The maximum absolute atomic E-state index is 12.6. The monoisotopic (exact) mass is 816 g/mol. The predicted molar refractivity (Wildman–Crippen MR) is 194 cm³/mol. The lowest BCUT2D eigenvalue weighted by Crippen LogP contribution is -2.17. The van der Waals surface area contributed by atoms with Crippen molar-refractivity contribution in [1.29, 1.82) is 0 Å². The van der Waals surface area contributed by atoms with Crippen LogP contribution in [-0.2, 0) is 32.9 Å². The minimum Gasteiger partial charge on any atom is -0.405 e. The first-order chi connectivity index (χ1) is 24.2. The highest BCUT2D eigenvalue weighted by atomic mass is 79.9. The van der Waals surface area contributed by atoms with E-state index in [1.165, 1.54) is 48.5 Å². The molecule has 0 atom stereocenters. The van der Waals surface area contributed by atoms with E-state index in [4.69, 9.17) is 10.3 Å². The molecule has 0 unspecified atom stereocenters. The van der Waals surface area contributed by atoms with Crippen LogP contribution in [0.15, 0.2) is 123 Å². The van der Waals surface area contributed by atoms with Crippen LogP contribution < -0.4 is 15.0 Å². The van der Waals surface area contributed by atoms with Gasteiger partial charge in [0.1, 0.15) is 5.75 Å². The molecule has 52 heavy (non-hydrogen) atoms. The summed E-state index contributed by atoms with van der Waals surface area (Å²) in [6.45, 7) is 3.25. The van der Waals surface area contributed by atoms with Gasteiger partial charge in [-0.3, -0.25) is 9.59 Å². The molecule has 0 saturated heterocycles. The summed E-state index contributed by atoms with van der Waals surface area (Å²) >= 11 is 3.32. The number of benzene rings is 5. The molecule has 0 spiro atoms. The summed E-state index contributed by atoms with van der Waals surface area (Å²) in [6.07, 6.45) is -4.57. The van der Waals surface area contributed by atoms with E-state index in [1.54, 1.807) is 62.4 Å². The van der Waals surface area contributed by atoms with Crippen LogP contribution in [0.25, 0.3) is 11.1 Å². The highest BCUT2D eigenvalue weighted by molar-refractivity contribution is 9.10. The number of para-hydroxylation sites is 1. The molecular weight excluding hydrogens is 785 g/mol. The number of sulfonamides is 2. The second kappa shape index (κ2) is 16.3. The van der Waals surface area contributed by atoms with Gasteiger partial charge in [0.05, 0.1) is 9.79 Å². The van der Waals surface area contributed by atoms with Crippen molar-refractivity contribution in [3.8, 4) is 16.9 Å². The molecule has 0 aromatic heterocycles. The quantitative estimate of drug-likeness (QED) is 0.138. The third-order valence-electron chi connectivity index (χ3n) is 7.62. The van der Waals surface area contributed by atoms with Crippen molar-refractivity contribution in [2.75, 3.05) is 0 Å². The molecule has 4 N–H and O–H groups in total. The molecule has 0 aliphatic heterocycles. The lowest BCUT2D eigenvalue weighted by atomic mass is 9.98. The van der Waals surface area contributed by atoms with Crippen molar-refractivity contribution in [3.63, 3.8) is 0 Å². The zero-order valence-electron chi connectivity index (χ0n) is 27.6. The van der Waals surface area contributed by atoms with Crippen LogP contribution in [0.1, 0.15) is 43.0 Å². The molecule has 9 nitrogen and oxygen atoms in total. The van der Waals surface area contributed by atoms with Gasteiger partial charge in [0.2, 0.25) is 20.0 Å². The zero-order chi connectivity index (χ0) is 38.4.